The zero-order chi connectivity index (χ0) is 22.1. The topological polar surface area (TPSA) is 84.5 Å². The van der Waals surface area contributed by atoms with Crippen LogP contribution in [0, 0.1) is 0 Å². The van der Waals surface area contributed by atoms with Crippen LogP contribution in [0.2, 0.25) is 0 Å². The van der Waals surface area contributed by atoms with E-state index in [1.165, 1.54) is 11.3 Å². The molecule has 0 bridgehead atoms. The van der Waals surface area contributed by atoms with Gasteiger partial charge in [0, 0.05) is 18.0 Å². The Balaban J connectivity index is 1.45. The minimum absolute atomic E-state index is 0.0335. The first-order valence-corrected chi connectivity index (χ1v) is 13.4. The van der Waals surface area contributed by atoms with Gasteiger partial charge in [-0.05, 0) is 67.0 Å². The van der Waals surface area contributed by atoms with Crippen LogP contribution in [0.3, 0.4) is 0 Å². The monoisotopic (exact) mass is 470 g/mol. The molecule has 1 saturated heterocycles. The quantitative estimate of drug-likeness (QED) is 0.556. The average Bonchev–Trinajstić information content (AvgIpc) is 3.44. The van der Waals surface area contributed by atoms with Gasteiger partial charge in [0.15, 0.2) is 0 Å². The first kappa shape index (κ1) is 21.4. The van der Waals surface area contributed by atoms with Crippen molar-refractivity contribution >= 4 is 43.0 Å². The molecule has 1 atom stereocenters. The predicted molar refractivity (Wildman–Crippen MR) is 127 cm³/mol. The summed E-state index contributed by atoms with van der Waals surface area (Å²) >= 11 is 1.39. The third-order valence-corrected chi connectivity index (χ3v) is 8.85. The molecule has 1 aromatic heterocycles. The van der Waals surface area contributed by atoms with Gasteiger partial charge in [0.05, 0.1) is 16.6 Å². The number of hydrogen-bond donors (Lipinski definition) is 2. The molecule has 5 rings (SSSR count). The summed E-state index contributed by atoms with van der Waals surface area (Å²) in [7, 11) is -3.84. The van der Waals surface area contributed by atoms with Gasteiger partial charge in [0.25, 0.3) is 15.9 Å². The fourth-order valence-corrected chi connectivity index (χ4v) is 7.12. The number of carbonyl (C=O) groups is 1. The normalized spacial score (nSPS) is 18.4. The summed E-state index contributed by atoms with van der Waals surface area (Å²) in [4.78, 5) is 14.5. The Morgan fingerprint density at radius 3 is 2.69 bits per heavy atom. The second-order valence-electron chi connectivity index (χ2n) is 8.37. The zero-order valence-corrected chi connectivity index (χ0v) is 19.4. The number of carbonyl (C=O) groups excluding carboxylic acids is 1. The summed E-state index contributed by atoms with van der Waals surface area (Å²) in [5.41, 5.74) is 1.47. The van der Waals surface area contributed by atoms with Gasteiger partial charge in [0.1, 0.15) is 5.00 Å². The van der Waals surface area contributed by atoms with Crippen LogP contribution in [0.15, 0.2) is 47.4 Å². The van der Waals surface area contributed by atoms with Gasteiger partial charge in [-0.2, -0.15) is 0 Å². The maximum absolute atomic E-state index is 13.2. The number of hydrogen-bond acceptors (Lipinski definition) is 5. The van der Waals surface area contributed by atoms with Crippen molar-refractivity contribution in [3.8, 4) is 0 Å². The van der Waals surface area contributed by atoms with E-state index in [2.05, 4.69) is 10.0 Å². The number of fused-ring (bicyclic) bond motifs is 2. The molecule has 0 saturated carbocycles. The van der Waals surface area contributed by atoms with E-state index in [9.17, 15) is 13.2 Å². The molecule has 32 heavy (non-hydrogen) atoms. The highest BCUT2D eigenvalue weighted by molar-refractivity contribution is 7.93. The van der Waals surface area contributed by atoms with Crippen LogP contribution in [-0.2, 0) is 27.6 Å². The molecule has 1 amide bonds. The lowest BCUT2D eigenvalue weighted by molar-refractivity contribution is 0.0858. The molecule has 2 heterocycles. The SMILES string of the molecule is O=C(NC[C@@H]1CCCO1)c1c(NS(=O)(=O)c2ccc3ccccc3c2)sc2c1CCCC2. The molecular formula is C24H26N2O4S2. The molecule has 2 aliphatic rings. The molecule has 0 radical (unpaired) electrons. The molecule has 1 aliphatic heterocycles. The van der Waals surface area contributed by atoms with Crippen molar-refractivity contribution in [3.05, 3.63) is 58.5 Å². The highest BCUT2D eigenvalue weighted by Gasteiger charge is 2.29. The summed E-state index contributed by atoms with van der Waals surface area (Å²) in [6.45, 7) is 1.17. The summed E-state index contributed by atoms with van der Waals surface area (Å²) in [5, 5.41) is 5.22. The van der Waals surface area contributed by atoms with E-state index in [-0.39, 0.29) is 16.9 Å². The molecule has 0 unspecified atom stereocenters. The third kappa shape index (κ3) is 4.27. The fourth-order valence-electron chi connectivity index (χ4n) is 4.49. The molecule has 2 aromatic carbocycles. The number of sulfonamides is 1. The lowest BCUT2D eigenvalue weighted by atomic mass is 9.95. The van der Waals surface area contributed by atoms with E-state index in [0.717, 1.165) is 66.3 Å². The summed E-state index contributed by atoms with van der Waals surface area (Å²) in [5.74, 6) is -0.226. The van der Waals surface area contributed by atoms with Crippen LogP contribution in [0.5, 0.6) is 0 Å². The average molecular weight is 471 g/mol. The second kappa shape index (κ2) is 8.84. The molecule has 8 heteroatoms. The number of aryl methyl sites for hydroxylation is 1. The first-order chi connectivity index (χ1) is 15.5. The van der Waals surface area contributed by atoms with Crippen LogP contribution >= 0.6 is 11.3 Å². The molecule has 6 nitrogen and oxygen atoms in total. The third-order valence-electron chi connectivity index (χ3n) is 6.17. The van der Waals surface area contributed by atoms with Gasteiger partial charge >= 0.3 is 0 Å². The number of ether oxygens (including phenoxy) is 1. The molecular weight excluding hydrogens is 444 g/mol. The number of rotatable bonds is 6. The van der Waals surface area contributed by atoms with E-state index in [4.69, 9.17) is 4.74 Å². The van der Waals surface area contributed by atoms with Crippen LogP contribution in [0.1, 0.15) is 46.5 Å². The highest BCUT2D eigenvalue weighted by Crippen LogP contribution is 2.39. The lowest BCUT2D eigenvalue weighted by Gasteiger charge is -2.15. The number of thiophene rings is 1. The molecule has 1 aliphatic carbocycles. The standard InChI is InChI=1S/C24H26N2O4S2/c27-23(25-15-18-8-5-13-30-18)22-20-9-3-4-10-21(20)31-24(22)26-32(28,29)19-12-11-16-6-1-2-7-17(16)14-19/h1-2,6-7,11-12,14,18,26H,3-5,8-10,13,15H2,(H,25,27)/t18-/m0/s1. The van der Waals surface area contributed by atoms with E-state index < -0.39 is 10.0 Å². The minimum atomic E-state index is -3.84. The van der Waals surface area contributed by atoms with E-state index in [0.29, 0.717) is 17.1 Å². The summed E-state index contributed by atoms with van der Waals surface area (Å²) in [6, 6.07) is 12.7. The van der Waals surface area contributed by atoms with Gasteiger partial charge in [0.2, 0.25) is 0 Å². The van der Waals surface area contributed by atoms with E-state index >= 15 is 0 Å². The maximum atomic E-state index is 13.2. The van der Waals surface area contributed by atoms with Crippen molar-refractivity contribution in [2.75, 3.05) is 17.9 Å². The predicted octanol–water partition coefficient (Wildman–Crippen LogP) is 4.49. The second-order valence-corrected chi connectivity index (χ2v) is 11.2. The summed E-state index contributed by atoms with van der Waals surface area (Å²) < 4.78 is 34.8. The number of amides is 1. The Kier molecular flexibility index (Phi) is 5.92. The van der Waals surface area contributed by atoms with Gasteiger partial charge in [-0.1, -0.05) is 30.3 Å². The van der Waals surface area contributed by atoms with Crippen molar-refractivity contribution in [2.24, 2.45) is 0 Å². The highest BCUT2D eigenvalue weighted by atomic mass is 32.2. The van der Waals surface area contributed by atoms with Crippen molar-refractivity contribution in [3.63, 3.8) is 0 Å². The van der Waals surface area contributed by atoms with Crippen LogP contribution in [0.4, 0.5) is 5.00 Å². The Morgan fingerprint density at radius 1 is 1.06 bits per heavy atom. The molecule has 2 N–H and O–H groups in total. The van der Waals surface area contributed by atoms with Crippen molar-refractivity contribution in [2.45, 2.75) is 49.5 Å². The van der Waals surface area contributed by atoms with Crippen LogP contribution < -0.4 is 10.0 Å². The van der Waals surface area contributed by atoms with Crippen molar-refractivity contribution in [1.29, 1.82) is 0 Å². The largest absolute Gasteiger partial charge is 0.376 e. The maximum Gasteiger partial charge on any atom is 0.262 e. The van der Waals surface area contributed by atoms with Crippen molar-refractivity contribution < 1.29 is 17.9 Å². The minimum Gasteiger partial charge on any atom is -0.376 e. The Bertz CT molecular complexity index is 1260. The Hall–Kier alpha value is -2.42. The first-order valence-electron chi connectivity index (χ1n) is 11.1. The molecule has 0 spiro atoms. The lowest BCUT2D eigenvalue weighted by Crippen LogP contribution is -2.32. The number of anilines is 1. The van der Waals surface area contributed by atoms with E-state index in [1.54, 1.807) is 18.2 Å². The van der Waals surface area contributed by atoms with Gasteiger partial charge in [-0.25, -0.2) is 8.42 Å². The number of nitrogens with one attached hydrogen (secondary N) is 2. The van der Waals surface area contributed by atoms with Gasteiger partial charge < -0.3 is 10.1 Å². The smallest absolute Gasteiger partial charge is 0.262 e. The van der Waals surface area contributed by atoms with Crippen LogP contribution in [0.25, 0.3) is 10.8 Å². The van der Waals surface area contributed by atoms with Crippen molar-refractivity contribution in [1.82, 2.24) is 5.32 Å². The zero-order valence-electron chi connectivity index (χ0n) is 17.7. The van der Waals surface area contributed by atoms with Gasteiger partial charge in [-0.3, -0.25) is 9.52 Å². The molecule has 1 fully saturated rings. The van der Waals surface area contributed by atoms with Crippen LogP contribution in [-0.4, -0.2) is 33.6 Å². The van der Waals surface area contributed by atoms with E-state index in [1.807, 2.05) is 24.3 Å². The molecule has 3 aromatic rings. The Labute approximate surface area is 192 Å². The summed E-state index contributed by atoms with van der Waals surface area (Å²) in [6.07, 6.45) is 5.71. The molecule has 168 valence electrons. The Morgan fingerprint density at radius 2 is 1.88 bits per heavy atom. The number of benzene rings is 2. The fraction of sp³-hybridized carbons (Fsp3) is 0.375. The van der Waals surface area contributed by atoms with Gasteiger partial charge in [-0.15, -0.1) is 11.3 Å².